The zero-order valence-corrected chi connectivity index (χ0v) is 11.4. The summed E-state index contributed by atoms with van der Waals surface area (Å²) in [5.41, 5.74) is 0.783. The number of anilines is 1. The Labute approximate surface area is 113 Å². The van der Waals surface area contributed by atoms with Crippen LogP contribution in [0.25, 0.3) is 0 Å². The molecule has 1 aromatic rings. The molecule has 1 saturated heterocycles. The summed E-state index contributed by atoms with van der Waals surface area (Å²) in [6.07, 6.45) is 1.46. The number of ether oxygens (including phenoxy) is 1. The Balaban J connectivity index is 2.05. The summed E-state index contributed by atoms with van der Waals surface area (Å²) >= 11 is 7.98. The van der Waals surface area contributed by atoms with Crippen molar-refractivity contribution in [1.82, 2.24) is 0 Å². The molecule has 0 spiro atoms. The molecule has 1 amide bonds. The van der Waals surface area contributed by atoms with Gasteiger partial charge >= 0.3 is 0 Å². The van der Waals surface area contributed by atoms with Crippen LogP contribution in [0.4, 0.5) is 5.69 Å². The molecule has 0 aliphatic carbocycles. The predicted molar refractivity (Wildman–Crippen MR) is 71.8 cm³/mol. The van der Waals surface area contributed by atoms with E-state index in [1.54, 1.807) is 12.1 Å². The largest absolute Gasteiger partial charge is 0.368 e. The molecule has 16 heavy (non-hydrogen) atoms. The Hall–Kier alpha value is -0.330. The first kappa shape index (κ1) is 12.1. The summed E-state index contributed by atoms with van der Waals surface area (Å²) in [6.45, 7) is 0.676. The molecule has 0 aromatic heterocycles. The maximum Gasteiger partial charge on any atom is 0.253 e. The van der Waals surface area contributed by atoms with E-state index < -0.39 is 0 Å². The van der Waals surface area contributed by atoms with Crippen LogP contribution in [0, 0.1) is 3.57 Å². The molecule has 1 atom stereocenters. The van der Waals surface area contributed by atoms with Gasteiger partial charge in [0.25, 0.3) is 5.91 Å². The van der Waals surface area contributed by atoms with Crippen LogP contribution in [-0.4, -0.2) is 18.6 Å². The highest BCUT2D eigenvalue weighted by atomic mass is 127. The van der Waals surface area contributed by atoms with E-state index in [2.05, 4.69) is 27.9 Å². The number of rotatable bonds is 2. The van der Waals surface area contributed by atoms with Crippen LogP contribution in [0.15, 0.2) is 18.2 Å². The van der Waals surface area contributed by atoms with E-state index in [1.165, 1.54) is 0 Å². The Bertz CT molecular complexity index is 405. The van der Waals surface area contributed by atoms with E-state index in [1.807, 2.05) is 6.07 Å². The van der Waals surface area contributed by atoms with Crippen LogP contribution in [0.3, 0.4) is 0 Å². The van der Waals surface area contributed by atoms with Gasteiger partial charge in [-0.15, -0.1) is 0 Å². The Kier molecular flexibility index (Phi) is 4.05. The average molecular weight is 352 g/mol. The van der Waals surface area contributed by atoms with Crippen LogP contribution in [0.1, 0.15) is 12.8 Å². The van der Waals surface area contributed by atoms with Gasteiger partial charge in [0.15, 0.2) is 0 Å². The van der Waals surface area contributed by atoms with Crippen molar-refractivity contribution in [3.05, 3.63) is 26.8 Å². The van der Waals surface area contributed by atoms with E-state index in [0.717, 1.165) is 22.1 Å². The first-order valence-electron chi connectivity index (χ1n) is 5.04. The van der Waals surface area contributed by atoms with Gasteiger partial charge in [-0.1, -0.05) is 11.6 Å². The summed E-state index contributed by atoms with van der Waals surface area (Å²) in [5, 5.41) is 3.52. The second-order valence-electron chi connectivity index (χ2n) is 3.62. The minimum atomic E-state index is -0.300. The lowest BCUT2D eigenvalue weighted by atomic mass is 10.2. The average Bonchev–Trinajstić information content (AvgIpc) is 2.75. The van der Waals surface area contributed by atoms with Crippen molar-refractivity contribution in [2.45, 2.75) is 18.9 Å². The predicted octanol–water partition coefficient (Wildman–Crippen LogP) is 3.06. The number of carbonyl (C=O) groups excluding carboxylic acids is 1. The molecule has 3 nitrogen and oxygen atoms in total. The lowest BCUT2D eigenvalue weighted by Crippen LogP contribution is -2.27. The fourth-order valence-corrected chi connectivity index (χ4v) is 2.59. The lowest BCUT2D eigenvalue weighted by Gasteiger charge is -2.11. The third kappa shape index (κ3) is 2.87. The highest BCUT2D eigenvalue weighted by Gasteiger charge is 2.23. The van der Waals surface area contributed by atoms with Crippen molar-refractivity contribution < 1.29 is 9.53 Å². The SMILES string of the molecule is O=C(Nc1ccc(Cl)cc1I)C1CCCO1. The van der Waals surface area contributed by atoms with Gasteiger partial charge in [0.05, 0.1) is 5.69 Å². The normalized spacial score (nSPS) is 19.8. The smallest absolute Gasteiger partial charge is 0.253 e. The molecule has 1 heterocycles. The van der Waals surface area contributed by atoms with Crippen LogP contribution in [-0.2, 0) is 9.53 Å². The quantitative estimate of drug-likeness (QED) is 0.832. The van der Waals surface area contributed by atoms with Crippen molar-refractivity contribution >= 4 is 45.8 Å². The molecule has 1 aliphatic rings. The van der Waals surface area contributed by atoms with Gasteiger partial charge in [-0.05, 0) is 53.6 Å². The molecule has 2 rings (SSSR count). The van der Waals surface area contributed by atoms with Gasteiger partial charge in [-0.3, -0.25) is 4.79 Å². The zero-order valence-electron chi connectivity index (χ0n) is 8.50. The molecule has 0 radical (unpaired) electrons. The van der Waals surface area contributed by atoms with Crippen LogP contribution in [0.5, 0.6) is 0 Å². The molecular weight excluding hydrogens is 340 g/mol. The van der Waals surface area contributed by atoms with Crippen molar-refractivity contribution in [3.8, 4) is 0 Å². The van der Waals surface area contributed by atoms with Crippen LogP contribution >= 0.6 is 34.2 Å². The van der Waals surface area contributed by atoms with Gasteiger partial charge < -0.3 is 10.1 Å². The minimum Gasteiger partial charge on any atom is -0.368 e. The summed E-state index contributed by atoms with van der Waals surface area (Å²) in [4.78, 5) is 11.8. The first-order valence-corrected chi connectivity index (χ1v) is 6.50. The van der Waals surface area contributed by atoms with Gasteiger partial charge in [0.2, 0.25) is 0 Å². The Morgan fingerprint density at radius 2 is 2.38 bits per heavy atom. The third-order valence-corrected chi connectivity index (χ3v) is 3.54. The zero-order chi connectivity index (χ0) is 11.5. The minimum absolute atomic E-state index is 0.0715. The fraction of sp³-hybridized carbons (Fsp3) is 0.364. The van der Waals surface area contributed by atoms with E-state index in [9.17, 15) is 4.79 Å². The number of hydrogen-bond donors (Lipinski definition) is 1. The monoisotopic (exact) mass is 351 g/mol. The first-order chi connectivity index (χ1) is 7.66. The van der Waals surface area contributed by atoms with Crippen molar-refractivity contribution in [2.24, 2.45) is 0 Å². The summed E-state index contributed by atoms with van der Waals surface area (Å²) in [7, 11) is 0. The second kappa shape index (κ2) is 5.33. The van der Waals surface area contributed by atoms with Gasteiger partial charge in [-0.2, -0.15) is 0 Å². The molecule has 1 unspecified atom stereocenters. The molecular formula is C11H11ClINO2. The van der Waals surface area contributed by atoms with Crippen molar-refractivity contribution in [3.63, 3.8) is 0 Å². The molecule has 86 valence electrons. The standard InChI is InChI=1S/C11H11ClINO2/c12-7-3-4-9(8(13)6-7)14-11(15)10-2-1-5-16-10/h3-4,6,10H,1-2,5H2,(H,14,15). The Morgan fingerprint density at radius 1 is 1.56 bits per heavy atom. The van der Waals surface area contributed by atoms with Crippen molar-refractivity contribution in [2.75, 3.05) is 11.9 Å². The van der Waals surface area contributed by atoms with E-state index in [4.69, 9.17) is 16.3 Å². The van der Waals surface area contributed by atoms with E-state index >= 15 is 0 Å². The highest BCUT2D eigenvalue weighted by Crippen LogP contribution is 2.23. The summed E-state index contributed by atoms with van der Waals surface area (Å²) in [5.74, 6) is -0.0715. The summed E-state index contributed by atoms with van der Waals surface area (Å²) < 4.78 is 6.24. The molecule has 5 heteroatoms. The topological polar surface area (TPSA) is 38.3 Å². The number of nitrogens with one attached hydrogen (secondary N) is 1. The molecule has 1 aliphatic heterocycles. The van der Waals surface area contributed by atoms with Crippen LogP contribution in [0.2, 0.25) is 5.02 Å². The fourth-order valence-electron chi connectivity index (χ4n) is 1.59. The number of amides is 1. The number of hydrogen-bond acceptors (Lipinski definition) is 2. The number of halogens is 2. The maximum atomic E-state index is 11.8. The second-order valence-corrected chi connectivity index (χ2v) is 5.21. The van der Waals surface area contributed by atoms with Gasteiger partial charge in [-0.25, -0.2) is 0 Å². The highest BCUT2D eigenvalue weighted by molar-refractivity contribution is 14.1. The molecule has 1 aromatic carbocycles. The van der Waals surface area contributed by atoms with E-state index in [0.29, 0.717) is 11.6 Å². The third-order valence-electron chi connectivity index (χ3n) is 2.41. The molecule has 1 N–H and O–H groups in total. The molecule has 1 fully saturated rings. The molecule has 0 saturated carbocycles. The van der Waals surface area contributed by atoms with Crippen LogP contribution < -0.4 is 5.32 Å². The number of carbonyl (C=O) groups is 1. The van der Waals surface area contributed by atoms with Gasteiger partial charge in [0.1, 0.15) is 6.10 Å². The number of benzene rings is 1. The lowest BCUT2D eigenvalue weighted by molar-refractivity contribution is -0.124. The van der Waals surface area contributed by atoms with Gasteiger partial charge in [0, 0.05) is 15.2 Å². The Morgan fingerprint density at radius 3 is 3.00 bits per heavy atom. The summed E-state index contributed by atoms with van der Waals surface area (Å²) in [6, 6.07) is 5.37. The maximum absolute atomic E-state index is 11.8. The van der Waals surface area contributed by atoms with Crippen molar-refractivity contribution in [1.29, 1.82) is 0 Å². The van der Waals surface area contributed by atoms with E-state index in [-0.39, 0.29) is 12.0 Å². The molecule has 0 bridgehead atoms.